The molecule has 0 fully saturated rings. The average Bonchev–Trinajstić information content (AvgIpc) is 2.79. The summed E-state index contributed by atoms with van der Waals surface area (Å²) in [6, 6.07) is 10.2. The van der Waals surface area contributed by atoms with Crippen molar-refractivity contribution in [2.24, 2.45) is 7.05 Å². The molecule has 1 amide bonds. The predicted octanol–water partition coefficient (Wildman–Crippen LogP) is 1.10. The van der Waals surface area contributed by atoms with Crippen molar-refractivity contribution in [1.82, 2.24) is 14.7 Å². The first-order valence-electron chi connectivity index (χ1n) is 8.19. The molecular weight excluding hydrogens is 322 g/mol. The molecule has 0 spiro atoms. The number of aliphatic hydroxyl groups excluding tert-OH is 1. The van der Waals surface area contributed by atoms with Crippen LogP contribution in [0.3, 0.4) is 0 Å². The molecule has 2 heterocycles. The second-order valence-electron chi connectivity index (χ2n) is 5.72. The lowest BCUT2D eigenvalue weighted by Gasteiger charge is -2.19. The Morgan fingerprint density at radius 2 is 1.88 bits per heavy atom. The van der Waals surface area contributed by atoms with Crippen LogP contribution in [-0.2, 0) is 29.5 Å². The van der Waals surface area contributed by atoms with Crippen LogP contribution in [0.5, 0.6) is 0 Å². The van der Waals surface area contributed by atoms with E-state index in [1.54, 1.807) is 0 Å². The molecule has 0 radical (unpaired) electrons. The van der Waals surface area contributed by atoms with Crippen LogP contribution in [0, 0.1) is 0 Å². The predicted molar refractivity (Wildman–Crippen MR) is 93.0 cm³/mol. The van der Waals surface area contributed by atoms with Crippen molar-refractivity contribution in [2.45, 2.75) is 19.3 Å². The van der Waals surface area contributed by atoms with Crippen molar-refractivity contribution in [2.75, 3.05) is 19.7 Å². The van der Waals surface area contributed by atoms with Gasteiger partial charge in [0.05, 0.1) is 12.3 Å². The number of aliphatic hydroxyl groups is 1. The smallest absolute Gasteiger partial charge is 0.290 e. The van der Waals surface area contributed by atoms with E-state index >= 15 is 0 Å². The number of fused-ring (bicyclic) bond motifs is 1. The summed E-state index contributed by atoms with van der Waals surface area (Å²) in [5.41, 5.74) is 4.59. The second kappa shape index (κ2) is 8.98. The summed E-state index contributed by atoms with van der Waals surface area (Å²) in [5, 5.41) is 20.5. The molecule has 0 aliphatic carbocycles. The highest BCUT2D eigenvalue weighted by molar-refractivity contribution is 5.76. The highest BCUT2D eigenvalue weighted by atomic mass is 16.3. The van der Waals surface area contributed by atoms with Crippen LogP contribution in [0.15, 0.2) is 30.3 Å². The summed E-state index contributed by atoms with van der Waals surface area (Å²) in [6.45, 7) is 1.05. The van der Waals surface area contributed by atoms with Crippen LogP contribution in [0.25, 0.3) is 11.3 Å². The zero-order valence-electron chi connectivity index (χ0n) is 14.3. The van der Waals surface area contributed by atoms with Gasteiger partial charge in [-0.25, -0.2) is 0 Å². The Morgan fingerprint density at radius 3 is 2.52 bits per heavy atom. The second-order valence-corrected chi connectivity index (χ2v) is 5.72. The molecule has 1 aromatic heterocycles. The number of aryl methyl sites for hydroxylation is 1. The van der Waals surface area contributed by atoms with E-state index in [9.17, 15) is 4.79 Å². The first-order chi connectivity index (χ1) is 12.1. The van der Waals surface area contributed by atoms with E-state index in [-0.39, 0.29) is 25.4 Å². The third-order valence-electron chi connectivity index (χ3n) is 4.25. The van der Waals surface area contributed by atoms with Crippen molar-refractivity contribution in [3.8, 4) is 11.3 Å². The maximum Gasteiger partial charge on any atom is 0.290 e. The van der Waals surface area contributed by atoms with Crippen LogP contribution >= 0.6 is 0 Å². The molecule has 7 heteroatoms. The molecule has 1 aliphatic heterocycles. The van der Waals surface area contributed by atoms with Crippen molar-refractivity contribution in [3.05, 3.63) is 41.6 Å². The van der Waals surface area contributed by atoms with E-state index in [1.807, 2.05) is 34.8 Å². The summed E-state index contributed by atoms with van der Waals surface area (Å²) in [4.78, 5) is 22.2. The highest BCUT2D eigenvalue weighted by Crippen LogP contribution is 2.27. The topological polar surface area (TPSA) is 95.7 Å². The van der Waals surface area contributed by atoms with Crippen LogP contribution in [-0.4, -0.2) is 57.0 Å². The highest BCUT2D eigenvalue weighted by Gasteiger charge is 2.24. The number of hydrogen-bond donors (Lipinski definition) is 2. The fraction of sp³-hybridized carbons (Fsp3) is 0.389. The molecule has 1 aliphatic rings. The van der Waals surface area contributed by atoms with Gasteiger partial charge in [-0.1, -0.05) is 30.3 Å². The first kappa shape index (κ1) is 18.7. The Hall–Kier alpha value is -2.67. The fourth-order valence-electron chi connectivity index (χ4n) is 3.11. The average molecular weight is 345 g/mol. The minimum atomic E-state index is -0.250. The molecule has 0 atom stereocenters. The molecule has 7 nitrogen and oxygen atoms in total. The van der Waals surface area contributed by atoms with Gasteiger partial charge in [0.15, 0.2) is 0 Å². The molecule has 134 valence electrons. The van der Waals surface area contributed by atoms with Gasteiger partial charge in [-0.3, -0.25) is 14.3 Å². The lowest BCUT2D eigenvalue weighted by Crippen LogP contribution is -2.33. The minimum Gasteiger partial charge on any atom is -0.483 e. The van der Waals surface area contributed by atoms with Crippen molar-refractivity contribution < 1.29 is 19.8 Å². The molecule has 3 rings (SSSR count). The number of carbonyl (C=O) groups is 2. The first-order valence-corrected chi connectivity index (χ1v) is 8.19. The van der Waals surface area contributed by atoms with Crippen molar-refractivity contribution in [3.63, 3.8) is 0 Å². The van der Waals surface area contributed by atoms with Crippen LogP contribution in [0.4, 0.5) is 0 Å². The molecule has 1 aromatic carbocycles. The standard InChI is InChI=1S/C17H21N3O2.CH2O2/c1-19-15-8-11-20(16(22)9-12-21)10-7-14(15)17(18-19)13-5-3-2-4-6-13;2-1-3/h2-6,21H,7-12H2,1H3;1H,(H,2,3). The lowest BCUT2D eigenvalue weighted by molar-refractivity contribution is -0.131. The number of aromatic nitrogens is 2. The van der Waals surface area contributed by atoms with Gasteiger partial charge in [-0.15, -0.1) is 0 Å². The van der Waals surface area contributed by atoms with Crippen LogP contribution in [0.2, 0.25) is 0 Å². The van der Waals surface area contributed by atoms with Gasteiger partial charge in [0, 0.05) is 49.8 Å². The molecule has 0 unspecified atom stereocenters. The Labute approximate surface area is 146 Å². The summed E-state index contributed by atoms with van der Waals surface area (Å²) in [7, 11) is 1.97. The minimum absolute atomic E-state index is 0.0320. The summed E-state index contributed by atoms with van der Waals surface area (Å²) >= 11 is 0. The summed E-state index contributed by atoms with van der Waals surface area (Å²) in [5.74, 6) is 0.0320. The maximum absolute atomic E-state index is 12.0. The molecule has 0 saturated heterocycles. The van der Waals surface area contributed by atoms with Crippen LogP contribution < -0.4 is 0 Å². The van der Waals surface area contributed by atoms with Gasteiger partial charge in [-0.05, 0) is 6.42 Å². The number of carboxylic acid groups (broad SMARTS) is 1. The van der Waals surface area contributed by atoms with E-state index in [2.05, 4.69) is 17.2 Å². The Bertz CT molecular complexity index is 713. The van der Waals surface area contributed by atoms with E-state index < -0.39 is 0 Å². The van der Waals surface area contributed by atoms with Crippen LogP contribution in [0.1, 0.15) is 17.7 Å². The van der Waals surface area contributed by atoms with Gasteiger partial charge in [0.1, 0.15) is 0 Å². The molecular formula is C18H23N3O4. The third kappa shape index (κ3) is 4.45. The third-order valence-corrected chi connectivity index (χ3v) is 4.25. The number of benzene rings is 1. The Kier molecular flexibility index (Phi) is 6.71. The van der Waals surface area contributed by atoms with Gasteiger partial charge in [0.25, 0.3) is 6.47 Å². The zero-order chi connectivity index (χ0) is 18.2. The lowest BCUT2D eigenvalue weighted by atomic mass is 10.0. The molecule has 25 heavy (non-hydrogen) atoms. The van der Waals surface area contributed by atoms with E-state index in [4.69, 9.17) is 15.0 Å². The monoisotopic (exact) mass is 345 g/mol. The number of nitrogens with zero attached hydrogens (tertiary/aromatic N) is 3. The van der Waals surface area contributed by atoms with E-state index in [0.717, 1.165) is 24.1 Å². The quantitative estimate of drug-likeness (QED) is 0.812. The number of rotatable bonds is 3. The molecule has 0 saturated carbocycles. The van der Waals surface area contributed by atoms with Gasteiger partial charge in [0.2, 0.25) is 5.91 Å². The fourth-order valence-corrected chi connectivity index (χ4v) is 3.11. The number of amides is 1. The normalized spacial score (nSPS) is 13.3. The van der Waals surface area contributed by atoms with Gasteiger partial charge >= 0.3 is 0 Å². The van der Waals surface area contributed by atoms with Crippen molar-refractivity contribution in [1.29, 1.82) is 0 Å². The summed E-state index contributed by atoms with van der Waals surface area (Å²) < 4.78 is 1.94. The molecule has 2 N–H and O–H groups in total. The van der Waals surface area contributed by atoms with Gasteiger partial charge in [-0.2, -0.15) is 5.10 Å². The largest absolute Gasteiger partial charge is 0.483 e. The zero-order valence-corrected chi connectivity index (χ0v) is 14.3. The Morgan fingerprint density at radius 1 is 1.24 bits per heavy atom. The van der Waals surface area contributed by atoms with Crippen molar-refractivity contribution >= 4 is 12.4 Å². The summed E-state index contributed by atoms with van der Waals surface area (Å²) in [6.07, 6.45) is 1.83. The maximum atomic E-state index is 12.0. The SMILES string of the molecule is Cn1nc(-c2ccccc2)c2c1CCN(C(=O)CCO)CC2.O=CO. The number of carbonyl (C=O) groups excluding carboxylic acids is 1. The van der Waals surface area contributed by atoms with Gasteiger partial charge < -0.3 is 15.1 Å². The van der Waals surface area contributed by atoms with E-state index in [0.29, 0.717) is 13.1 Å². The Balaban J connectivity index is 0.000000701. The molecule has 0 bridgehead atoms. The number of hydrogen-bond acceptors (Lipinski definition) is 4. The van der Waals surface area contributed by atoms with E-state index in [1.165, 1.54) is 11.3 Å². The molecule has 2 aromatic rings.